The maximum atomic E-state index is 12.7. The van der Waals surface area contributed by atoms with Gasteiger partial charge in [0.15, 0.2) is 0 Å². The summed E-state index contributed by atoms with van der Waals surface area (Å²) >= 11 is 0. The van der Waals surface area contributed by atoms with E-state index in [1.54, 1.807) is 12.3 Å². The fraction of sp³-hybridized carbons (Fsp3) is 0.130. The van der Waals surface area contributed by atoms with E-state index < -0.39 is 6.10 Å². The molecule has 5 aromatic rings. The summed E-state index contributed by atoms with van der Waals surface area (Å²) < 4.78 is 3.46. The first-order valence-corrected chi connectivity index (χ1v) is 9.31. The van der Waals surface area contributed by atoms with Gasteiger partial charge in [-0.15, -0.1) is 0 Å². The molecule has 2 heterocycles. The van der Waals surface area contributed by atoms with E-state index in [-0.39, 0.29) is 12.1 Å². The molecule has 1 N–H and O–H groups in total. The van der Waals surface area contributed by atoms with Crippen molar-refractivity contribution in [1.82, 2.24) is 14.3 Å². The van der Waals surface area contributed by atoms with Gasteiger partial charge in [0.05, 0.1) is 30.8 Å². The molecule has 0 radical (unpaired) electrons. The summed E-state index contributed by atoms with van der Waals surface area (Å²) in [5.41, 5.74) is 1.96. The van der Waals surface area contributed by atoms with Crippen molar-refractivity contribution >= 4 is 32.6 Å². The Kier molecular flexibility index (Phi) is 3.95. The van der Waals surface area contributed by atoms with Gasteiger partial charge >= 0.3 is 0 Å². The first-order valence-electron chi connectivity index (χ1n) is 9.31. The zero-order valence-electron chi connectivity index (χ0n) is 15.2. The van der Waals surface area contributed by atoms with Crippen LogP contribution in [-0.2, 0) is 13.1 Å². The van der Waals surface area contributed by atoms with Crippen LogP contribution in [0.5, 0.6) is 0 Å². The van der Waals surface area contributed by atoms with Gasteiger partial charge in [-0.2, -0.15) is 5.10 Å². The molecule has 3 aromatic carbocycles. The fourth-order valence-corrected chi connectivity index (χ4v) is 3.93. The third-order valence-electron chi connectivity index (χ3n) is 5.22. The highest BCUT2D eigenvalue weighted by atomic mass is 16.3. The Bertz CT molecular complexity index is 1310. The van der Waals surface area contributed by atoms with E-state index in [2.05, 4.69) is 33.9 Å². The van der Waals surface area contributed by atoms with Gasteiger partial charge in [0, 0.05) is 27.2 Å². The Hall–Kier alpha value is -3.44. The van der Waals surface area contributed by atoms with E-state index in [1.165, 1.54) is 4.68 Å². The highest BCUT2D eigenvalue weighted by Crippen LogP contribution is 2.28. The van der Waals surface area contributed by atoms with Crippen LogP contribution in [0.3, 0.4) is 0 Å². The molecule has 5 nitrogen and oxygen atoms in total. The summed E-state index contributed by atoms with van der Waals surface area (Å²) in [6.45, 7) is 0.527. The lowest BCUT2D eigenvalue weighted by atomic mass is 10.2. The lowest BCUT2D eigenvalue weighted by molar-refractivity contribution is 0.131. The van der Waals surface area contributed by atoms with Crippen molar-refractivity contribution < 1.29 is 5.11 Å². The summed E-state index contributed by atoms with van der Waals surface area (Å²) in [6.07, 6.45) is 0.926. The molecule has 0 spiro atoms. The van der Waals surface area contributed by atoms with Crippen molar-refractivity contribution in [1.29, 1.82) is 0 Å². The number of benzene rings is 3. The molecule has 0 bridgehead atoms. The second-order valence-electron chi connectivity index (χ2n) is 7.02. The molecule has 0 saturated carbocycles. The molecule has 138 valence electrons. The Balaban J connectivity index is 1.52. The molecule has 5 heteroatoms. The van der Waals surface area contributed by atoms with Gasteiger partial charge in [0.2, 0.25) is 0 Å². The van der Waals surface area contributed by atoms with E-state index in [0.29, 0.717) is 11.9 Å². The van der Waals surface area contributed by atoms with E-state index in [1.807, 2.05) is 42.5 Å². The van der Waals surface area contributed by atoms with Crippen molar-refractivity contribution in [3.8, 4) is 0 Å². The third kappa shape index (κ3) is 2.68. The number of fused-ring (bicyclic) bond motifs is 4. The number of nitrogens with zero attached hydrogens (tertiary/aromatic N) is 3. The van der Waals surface area contributed by atoms with E-state index in [0.717, 1.165) is 27.2 Å². The number of aliphatic hydroxyl groups excluding tert-OH is 1. The predicted octanol–water partition coefficient (Wildman–Crippen LogP) is 3.57. The van der Waals surface area contributed by atoms with Crippen molar-refractivity contribution in [2.75, 3.05) is 0 Å². The Morgan fingerprint density at radius 1 is 0.786 bits per heavy atom. The number of rotatable bonds is 4. The lowest BCUT2D eigenvalue weighted by Gasteiger charge is -2.15. The molecular formula is C23H19N3O2. The standard InChI is InChI=1S/C23H19N3O2/c27-17(15-26-23(28)18-8-2-1-7-16(18)13-24-26)14-25-21-11-5-3-9-19(21)20-10-4-6-12-22(20)25/h1-13,17,27H,14-15H2/t17-/m0/s1. The Labute approximate surface area is 161 Å². The average Bonchev–Trinajstić information content (AvgIpc) is 3.04. The molecule has 2 aromatic heterocycles. The monoisotopic (exact) mass is 369 g/mol. The maximum absolute atomic E-state index is 12.7. The summed E-state index contributed by atoms with van der Waals surface area (Å²) in [6, 6.07) is 23.7. The third-order valence-corrected chi connectivity index (χ3v) is 5.22. The predicted molar refractivity (Wildman–Crippen MR) is 111 cm³/mol. The minimum absolute atomic E-state index is 0.143. The molecule has 1 atom stereocenters. The number of para-hydroxylation sites is 2. The fourth-order valence-electron chi connectivity index (χ4n) is 3.93. The number of aromatic nitrogens is 3. The van der Waals surface area contributed by atoms with Crippen LogP contribution < -0.4 is 5.56 Å². The molecule has 0 amide bonds. The first kappa shape index (κ1) is 16.7. The average molecular weight is 369 g/mol. The van der Waals surface area contributed by atoms with Crippen LogP contribution >= 0.6 is 0 Å². The van der Waals surface area contributed by atoms with E-state index in [4.69, 9.17) is 0 Å². The molecule has 28 heavy (non-hydrogen) atoms. The topological polar surface area (TPSA) is 60.1 Å². The minimum atomic E-state index is -0.745. The highest BCUT2D eigenvalue weighted by Gasteiger charge is 2.15. The minimum Gasteiger partial charge on any atom is -0.389 e. The molecule has 0 unspecified atom stereocenters. The molecule has 0 fully saturated rings. The van der Waals surface area contributed by atoms with E-state index in [9.17, 15) is 9.90 Å². The van der Waals surface area contributed by atoms with Gasteiger partial charge in [-0.05, 0) is 18.2 Å². The second kappa shape index (κ2) is 6.62. The molecule has 0 aliphatic carbocycles. The highest BCUT2D eigenvalue weighted by molar-refractivity contribution is 6.07. The molecule has 0 saturated heterocycles. The number of aliphatic hydroxyl groups is 1. The summed E-state index contributed by atoms with van der Waals surface area (Å²) in [4.78, 5) is 12.7. The van der Waals surface area contributed by atoms with Gasteiger partial charge in [-0.25, -0.2) is 4.68 Å². The largest absolute Gasteiger partial charge is 0.389 e. The van der Waals surface area contributed by atoms with Gasteiger partial charge in [0.1, 0.15) is 0 Å². The van der Waals surface area contributed by atoms with Crippen LogP contribution in [0.2, 0.25) is 0 Å². The quantitative estimate of drug-likeness (QED) is 0.527. The zero-order chi connectivity index (χ0) is 19.1. The first-order chi connectivity index (χ1) is 13.7. The van der Waals surface area contributed by atoms with Crippen LogP contribution in [0.4, 0.5) is 0 Å². The molecular weight excluding hydrogens is 350 g/mol. The summed E-state index contributed by atoms with van der Waals surface area (Å²) in [5.74, 6) is 0. The second-order valence-corrected chi connectivity index (χ2v) is 7.02. The zero-order valence-corrected chi connectivity index (χ0v) is 15.2. The van der Waals surface area contributed by atoms with Crippen molar-refractivity contribution in [3.05, 3.63) is 89.3 Å². The maximum Gasteiger partial charge on any atom is 0.274 e. The van der Waals surface area contributed by atoms with Crippen LogP contribution in [0.25, 0.3) is 32.6 Å². The van der Waals surface area contributed by atoms with Gasteiger partial charge in [0.25, 0.3) is 5.56 Å². The van der Waals surface area contributed by atoms with Crippen LogP contribution in [-0.4, -0.2) is 25.6 Å². The molecule has 0 aliphatic heterocycles. The Morgan fingerprint density at radius 3 is 2.04 bits per heavy atom. The van der Waals surface area contributed by atoms with Crippen LogP contribution in [0.15, 0.2) is 83.8 Å². The Morgan fingerprint density at radius 2 is 1.36 bits per heavy atom. The van der Waals surface area contributed by atoms with Crippen LogP contribution in [0, 0.1) is 0 Å². The molecule has 5 rings (SSSR count). The smallest absolute Gasteiger partial charge is 0.274 e. The van der Waals surface area contributed by atoms with Crippen molar-refractivity contribution in [2.45, 2.75) is 19.2 Å². The lowest BCUT2D eigenvalue weighted by Crippen LogP contribution is -2.31. The molecule has 0 aliphatic rings. The van der Waals surface area contributed by atoms with Gasteiger partial charge in [-0.3, -0.25) is 4.79 Å². The van der Waals surface area contributed by atoms with E-state index >= 15 is 0 Å². The summed E-state index contributed by atoms with van der Waals surface area (Å²) in [5, 5.41) is 18.7. The van der Waals surface area contributed by atoms with Gasteiger partial charge in [-0.1, -0.05) is 54.6 Å². The van der Waals surface area contributed by atoms with Crippen molar-refractivity contribution in [2.24, 2.45) is 0 Å². The normalized spacial score (nSPS) is 12.8. The number of hydrogen-bond donors (Lipinski definition) is 1. The van der Waals surface area contributed by atoms with Crippen LogP contribution in [0.1, 0.15) is 0 Å². The number of hydrogen-bond acceptors (Lipinski definition) is 3. The van der Waals surface area contributed by atoms with Crippen molar-refractivity contribution in [3.63, 3.8) is 0 Å². The summed E-state index contributed by atoms with van der Waals surface area (Å²) in [7, 11) is 0. The van der Waals surface area contributed by atoms with Gasteiger partial charge < -0.3 is 9.67 Å². The SMILES string of the molecule is O=c1c2ccccc2cnn1C[C@@H](O)Cn1c2ccccc2c2ccccc21.